The van der Waals surface area contributed by atoms with E-state index >= 15 is 0 Å². The van der Waals surface area contributed by atoms with Crippen molar-refractivity contribution in [1.29, 1.82) is 0 Å². The predicted octanol–water partition coefficient (Wildman–Crippen LogP) is 1.26. The van der Waals surface area contributed by atoms with Crippen LogP contribution >= 0.6 is 11.5 Å². The molecule has 0 bridgehead atoms. The molecule has 7 heteroatoms. The van der Waals surface area contributed by atoms with E-state index in [0.717, 1.165) is 6.54 Å². The van der Waals surface area contributed by atoms with Gasteiger partial charge >= 0.3 is 0 Å². The molecule has 1 unspecified atom stereocenters. The van der Waals surface area contributed by atoms with E-state index in [2.05, 4.69) is 25.1 Å². The van der Waals surface area contributed by atoms with Gasteiger partial charge in [-0.05, 0) is 25.0 Å². The number of nitrogens with one attached hydrogen (secondary N) is 1. The third kappa shape index (κ3) is 2.18. The molecule has 2 rings (SSSR count). The van der Waals surface area contributed by atoms with Gasteiger partial charge in [0.1, 0.15) is 0 Å². The first kappa shape index (κ1) is 10.2. The smallest absolute Gasteiger partial charge is 0.269 e. The molecule has 0 fully saturated rings. The molecule has 0 saturated heterocycles. The summed E-state index contributed by atoms with van der Waals surface area (Å²) in [7, 11) is 0. The van der Waals surface area contributed by atoms with Crippen molar-refractivity contribution in [3.8, 4) is 11.6 Å². The van der Waals surface area contributed by atoms with Crippen molar-refractivity contribution >= 4 is 11.5 Å². The van der Waals surface area contributed by atoms with E-state index in [-0.39, 0.29) is 6.04 Å². The topological polar surface area (TPSA) is 76.7 Å². The Labute approximate surface area is 90.9 Å². The molecule has 1 N–H and O–H groups in total. The summed E-state index contributed by atoms with van der Waals surface area (Å²) < 4.78 is 9.20. The molecule has 0 aliphatic heterocycles. The fraction of sp³-hybridized carbons (Fsp3) is 0.500. The lowest BCUT2D eigenvalue weighted by Gasteiger charge is -2.05. The molecule has 1 atom stereocenters. The van der Waals surface area contributed by atoms with Gasteiger partial charge in [0.15, 0.2) is 5.69 Å². The quantitative estimate of drug-likeness (QED) is 0.844. The maximum atomic E-state index is 5.46. The number of nitrogens with zero attached hydrogens (tertiary/aromatic N) is 4. The monoisotopic (exact) mass is 225 g/mol. The average molecular weight is 225 g/mol. The molecule has 0 aliphatic rings. The lowest BCUT2D eigenvalue weighted by molar-refractivity contribution is 0.428. The number of rotatable bonds is 4. The first-order chi connectivity index (χ1) is 7.31. The van der Waals surface area contributed by atoms with Crippen molar-refractivity contribution < 1.29 is 4.42 Å². The van der Waals surface area contributed by atoms with Gasteiger partial charge in [-0.1, -0.05) is 11.4 Å². The van der Waals surface area contributed by atoms with E-state index in [4.69, 9.17) is 4.42 Å². The van der Waals surface area contributed by atoms with Gasteiger partial charge in [-0.2, -0.15) is 0 Å². The molecule has 2 heterocycles. The van der Waals surface area contributed by atoms with Crippen LogP contribution in [0.4, 0.5) is 0 Å². The molecule has 80 valence electrons. The number of hydrogen-bond acceptors (Lipinski definition) is 7. The lowest BCUT2D eigenvalue weighted by Crippen LogP contribution is -2.17. The van der Waals surface area contributed by atoms with Crippen LogP contribution in [0.2, 0.25) is 0 Å². The number of aromatic nitrogens is 4. The van der Waals surface area contributed by atoms with Gasteiger partial charge in [0.2, 0.25) is 5.89 Å². The summed E-state index contributed by atoms with van der Waals surface area (Å²) in [6, 6.07) is 0.0582. The Morgan fingerprint density at radius 2 is 2.33 bits per heavy atom. The van der Waals surface area contributed by atoms with Crippen LogP contribution in [0.3, 0.4) is 0 Å². The van der Waals surface area contributed by atoms with Crippen molar-refractivity contribution in [2.75, 3.05) is 6.54 Å². The van der Waals surface area contributed by atoms with E-state index in [1.807, 2.05) is 13.8 Å². The highest BCUT2D eigenvalue weighted by Gasteiger charge is 2.15. The largest absolute Gasteiger partial charge is 0.417 e. The zero-order valence-corrected chi connectivity index (χ0v) is 9.28. The molecule has 0 radical (unpaired) electrons. The zero-order chi connectivity index (χ0) is 10.7. The third-order valence-corrected chi connectivity index (χ3v) is 2.41. The Bertz CT molecular complexity index is 412. The summed E-state index contributed by atoms with van der Waals surface area (Å²) in [6.45, 7) is 4.86. The molecule has 0 spiro atoms. The molecule has 0 amide bonds. The van der Waals surface area contributed by atoms with E-state index in [9.17, 15) is 0 Å². The predicted molar refractivity (Wildman–Crippen MR) is 55.3 cm³/mol. The molecule has 0 saturated carbocycles. The second kappa shape index (κ2) is 4.45. The molecular weight excluding hydrogens is 214 g/mol. The summed E-state index contributed by atoms with van der Waals surface area (Å²) in [5.41, 5.74) is 0.627. The third-order valence-electron chi connectivity index (χ3n) is 1.90. The van der Waals surface area contributed by atoms with Gasteiger partial charge in [0.25, 0.3) is 5.89 Å². The van der Waals surface area contributed by atoms with Crippen molar-refractivity contribution in [1.82, 2.24) is 25.1 Å². The molecule has 6 nitrogen and oxygen atoms in total. The molecule has 2 aromatic heterocycles. The standard InChI is InChI=1S/C8H11N5OS/c1-3-9-5(2)7-11-12-8(14-7)6-4-15-13-10-6/h4-5,9H,3H2,1-2H3. The maximum Gasteiger partial charge on any atom is 0.269 e. The second-order valence-electron chi connectivity index (χ2n) is 3.01. The Hall–Kier alpha value is -1.34. The highest BCUT2D eigenvalue weighted by atomic mass is 32.1. The first-order valence-electron chi connectivity index (χ1n) is 4.65. The Kier molecular flexibility index (Phi) is 3.02. The van der Waals surface area contributed by atoms with Crippen LogP contribution < -0.4 is 5.32 Å². The van der Waals surface area contributed by atoms with Crippen molar-refractivity contribution in [2.24, 2.45) is 0 Å². The highest BCUT2D eigenvalue weighted by Crippen LogP contribution is 2.18. The highest BCUT2D eigenvalue weighted by molar-refractivity contribution is 7.03. The molecule has 0 aromatic carbocycles. The van der Waals surface area contributed by atoms with Gasteiger partial charge < -0.3 is 9.73 Å². The minimum Gasteiger partial charge on any atom is -0.417 e. The van der Waals surface area contributed by atoms with E-state index < -0.39 is 0 Å². The Morgan fingerprint density at radius 3 is 3.00 bits per heavy atom. The van der Waals surface area contributed by atoms with Gasteiger partial charge in [0.05, 0.1) is 6.04 Å². The van der Waals surface area contributed by atoms with Crippen LogP contribution in [-0.4, -0.2) is 26.3 Å². The summed E-state index contributed by atoms with van der Waals surface area (Å²) >= 11 is 1.26. The van der Waals surface area contributed by atoms with E-state index in [1.54, 1.807) is 5.38 Å². The van der Waals surface area contributed by atoms with Crippen LogP contribution in [-0.2, 0) is 0 Å². The van der Waals surface area contributed by atoms with Gasteiger partial charge in [0, 0.05) is 5.38 Å². The molecule has 0 aliphatic carbocycles. The van der Waals surface area contributed by atoms with Crippen molar-refractivity contribution in [2.45, 2.75) is 19.9 Å². The fourth-order valence-electron chi connectivity index (χ4n) is 1.16. The normalized spacial score (nSPS) is 12.9. The van der Waals surface area contributed by atoms with Crippen LogP contribution in [0.25, 0.3) is 11.6 Å². The summed E-state index contributed by atoms with van der Waals surface area (Å²) in [5, 5.41) is 16.7. The minimum absolute atomic E-state index is 0.0582. The van der Waals surface area contributed by atoms with E-state index in [1.165, 1.54) is 11.5 Å². The SMILES string of the molecule is CCNC(C)c1nnc(-c2csnn2)o1. The zero-order valence-electron chi connectivity index (χ0n) is 8.47. The summed E-state index contributed by atoms with van der Waals surface area (Å²) in [5.74, 6) is 0.989. The maximum absolute atomic E-state index is 5.46. The van der Waals surface area contributed by atoms with E-state index in [0.29, 0.717) is 17.5 Å². The minimum atomic E-state index is 0.0582. The number of hydrogen-bond donors (Lipinski definition) is 1. The average Bonchev–Trinajstić information content (AvgIpc) is 2.89. The van der Waals surface area contributed by atoms with Crippen LogP contribution in [0.15, 0.2) is 9.80 Å². The lowest BCUT2D eigenvalue weighted by atomic mass is 10.3. The van der Waals surface area contributed by atoms with Crippen LogP contribution in [0.5, 0.6) is 0 Å². The Morgan fingerprint density at radius 1 is 1.47 bits per heavy atom. The summed E-state index contributed by atoms with van der Waals surface area (Å²) in [6.07, 6.45) is 0. The second-order valence-corrected chi connectivity index (χ2v) is 3.62. The Balaban J connectivity index is 2.17. The van der Waals surface area contributed by atoms with Crippen molar-refractivity contribution in [3.05, 3.63) is 11.3 Å². The van der Waals surface area contributed by atoms with Crippen LogP contribution in [0, 0.1) is 0 Å². The fourth-order valence-corrected chi connectivity index (χ4v) is 1.59. The molecular formula is C8H11N5OS. The van der Waals surface area contributed by atoms with Gasteiger partial charge in [-0.25, -0.2) is 0 Å². The molecule has 2 aromatic rings. The first-order valence-corrected chi connectivity index (χ1v) is 5.49. The van der Waals surface area contributed by atoms with Crippen molar-refractivity contribution in [3.63, 3.8) is 0 Å². The van der Waals surface area contributed by atoms with Gasteiger partial charge in [-0.3, -0.25) is 0 Å². The summed E-state index contributed by atoms with van der Waals surface area (Å²) in [4.78, 5) is 0. The van der Waals surface area contributed by atoms with Crippen LogP contribution in [0.1, 0.15) is 25.8 Å². The molecule has 15 heavy (non-hydrogen) atoms. The van der Waals surface area contributed by atoms with Gasteiger partial charge in [-0.15, -0.1) is 15.3 Å².